The summed E-state index contributed by atoms with van der Waals surface area (Å²) in [5.41, 5.74) is 9.33. The third kappa shape index (κ3) is 4.17. The predicted molar refractivity (Wildman–Crippen MR) is 58.4 cm³/mol. The van der Waals surface area contributed by atoms with Crippen LogP contribution in [0.25, 0.3) is 10.4 Å². The molecule has 0 atom stereocenters. The quantitative estimate of drug-likeness (QED) is 0.305. The molecule has 1 rings (SSSR count). The summed E-state index contributed by atoms with van der Waals surface area (Å²) < 4.78 is 0. The van der Waals surface area contributed by atoms with Crippen LogP contribution in [0.5, 0.6) is 0 Å². The molecule has 14 heavy (non-hydrogen) atoms. The van der Waals surface area contributed by atoms with Gasteiger partial charge in [0, 0.05) is 16.5 Å². The second-order valence-corrected chi connectivity index (χ2v) is 3.47. The monoisotopic (exact) mass is 209 g/mol. The second-order valence-electron chi connectivity index (χ2n) is 3.04. The first-order chi connectivity index (χ1) is 6.83. The van der Waals surface area contributed by atoms with Crippen LogP contribution in [0.2, 0.25) is 5.02 Å². The van der Waals surface area contributed by atoms with E-state index in [2.05, 4.69) is 10.0 Å². The van der Waals surface area contributed by atoms with Crippen molar-refractivity contribution in [3.05, 3.63) is 45.3 Å². The van der Waals surface area contributed by atoms with Crippen molar-refractivity contribution in [3.8, 4) is 0 Å². The lowest BCUT2D eigenvalue weighted by Gasteiger charge is -1.99. The van der Waals surface area contributed by atoms with E-state index >= 15 is 0 Å². The van der Waals surface area contributed by atoms with Gasteiger partial charge in [-0.3, -0.25) is 0 Å². The summed E-state index contributed by atoms with van der Waals surface area (Å²) in [7, 11) is 0. The number of azide groups is 1. The Morgan fingerprint density at radius 3 is 2.57 bits per heavy atom. The van der Waals surface area contributed by atoms with Crippen molar-refractivity contribution >= 4 is 11.6 Å². The Labute approximate surface area is 88.3 Å². The highest BCUT2D eigenvalue weighted by Crippen LogP contribution is 2.11. The van der Waals surface area contributed by atoms with Crippen LogP contribution in [0.4, 0.5) is 0 Å². The molecule has 0 fully saturated rings. The van der Waals surface area contributed by atoms with E-state index < -0.39 is 0 Å². The molecule has 0 saturated carbocycles. The molecule has 0 heterocycles. The zero-order valence-corrected chi connectivity index (χ0v) is 8.61. The molecule has 0 aliphatic rings. The number of rotatable bonds is 5. The highest BCUT2D eigenvalue weighted by Gasteiger charge is 1.93. The molecule has 0 spiro atoms. The van der Waals surface area contributed by atoms with Gasteiger partial charge in [-0.25, -0.2) is 0 Å². The van der Waals surface area contributed by atoms with Gasteiger partial charge in [-0.2, -0.15) is 0 Å². The topological polar surface area (TPSA) is 48.8 Å². The molecule has 74 valence electrons. The Kier molecular flexibility index (Phi) is 4.90. The number of halogens is 1. The van der Waals surface area contributed by atoms with E-state index in [9.17, 15) is 0 Å². The van der Waals surface area contributed by atoms with Crippen LogP contribution in [0.15, 0.2) is 29.4 Å². The van der Waals surface area contributed by atoms with E-state index in [1.807, 2.05) is 24.3 Å². The van der Waals surface area contributed by atoms with E-state index in [1.165, 1.54) is 5.56 Å². The van der Waals surface area contributed by atoms with E-state index in [4.69, 9.17) is 17.1 Å². The molecule has 0 N–H and O–H groups in total. The lowest BCUT2D eigenvalue weighted by molar-refractivity contribution is 0.742. The molecule has 0 aromatic heterocycles. The maximum atomic E-state index is 8.06. The number of hydrogen-bond donors (Lipinski definition) is 0. The Morgan fingerprint density at radius 1 is 1.21 bits per heavy atom. The predicted octanol–water partition coefficient (Wildman–Crippen LogP) is 3.97. The van der Waals surface area contributed by atoms with Gasteiger partial charge in [0.05, 0.1) is 0 Å². The van der Waals surface area contributed by atoms with Gasteiger partial charge in [0.15, 0.2) is 0 Å². The fraction of sp³-hybridized carbons (Fsp3) is 0.400. The van der Waals surface area contributed by atoms with E-state index in [0.29, 0.717) is 6.54 Å². The van der Waals surface area contributed by atoms with Gasteiger partial charge in [0.1, 0.15) is 0 Å². The van der Waals surface area contributed by atoms with Crippen molar-refractivity contribution in [2.24, 2.45) is 5.11 Å². The van der Waals surface area contributed by atoms with Crippen LogP contribution in [0.3, 0.4) is 0 Å². The fourth-order valence-corrected chi connectivity index (χ4v) is 1.33. The first kappa shape index (κ1) is 10.9. The Hall–Kier alpha value is -1.18. The van der Waals surface area contributed by atoms with Crippen LogP contribution < -0.4 is 0 Å². The molecule has 4 heteroatoms. The lowest BCUT2D eigenvalue weighted by Crippen LogP contribution is -1.86. The number of nitrogens with zero attached hydrogens (tertiary/aromatic N) is 3. The molecular formula is C10H12ClN3. The Bertz CT molecular complexity index is 315. The first-order valence-electron chi connectivity index (χ1n) is 4.58. The van der Waals surface area contributed by atoms with Crippen LogP contribution in [-0.2, 0) is 6.42 Å². The molecule has 0 aliphatic heterocycles. The molecule has 0 unspecified atom stereocenters. The SMILES string of the molecule is [N-]=[N+]=NCCCCc1ccc(Cl)cc1. The highest BCUT2D eigenvalue weighted by molar-refractivity contribution is 6.30. The Morgan fingerprint density at radius 2 is 1.93 bits per heavy atom. The standard InChI is InChI=1S/C10H12ClN3/c11-10-6-4-9(5-7-10)3-1-2-8-13-14-12/h4-7H,1-3,8H2. The third-order valence-electron chi connectivity index (χ3n) is 1.95. The molecule has 0 saturated heterocycles. The Balaban J connectivity index is 2.24. The molecule has 0 bridgehead atoms. The van der Waals surface area contributed by atoms with Crippen molar-refractivity contribution in [1.82, 2.24) is 0 Å². The molecule has 0 radical (unpaired) electrons. The number of hydrogen-bond acceptors (Lipinski definition) is 1. The summed E-state index contributed by atoms with van der Waals surface area (Å²) in [4.78, 5) is 2.70. The average Bonchev–Trinajstić information content (AvgIpc) is 2.21. The van der Waals surface area contributed by atoms with Gasteiger partial charge < -0.3 is 0 Å². The van der Waals surface area contributed by atoms with Gasteiger partial charge in [-0.1, -0.05) is 28.8 Å². The minimum atomic E-state index is 0.587. The van der Waals surface area contributed by atoms with Gasteiger partial charge in [0.2, 0.25) is 0 Å². The van der Waals surface area contributed by atoms with Gasteiger partial charge >= 0.3 is 0 Å². The van der Waals surface area contributed by atoms with Crippen molar-refractivity contribution in [3.63, 3.8) is 0 Å². The van der Waals surface area contributed by atoms with Crippen LogP contribution in [-0.4, -0.2) is 6.54 Å². The van der Waals surface area contributed by atoms with Gasteiger partial charge in [0.25, 0.3) is 0 Å². The van der Waals surface area contributed by atoms with E-state index in [0.717, 1.165) is 24.3 Å². The van der Waals surface area contributed by atoms with E-state index in [1.54, 1.807) is 0 Å². The molecule has 0 aliphatic carbocycles. The minimum absolute atomic E-state index is 0.587. The fourth-order valence-electron chi connectivity index (χ4n) is 1.21. The minimum Gasteiger partial charge on any atom is -0.0940 e. The summed E-state index contributed by atoms with van der Waals surface area (Å²) in [5.74, 6) is 0. The molecule has 1 aromatic rings. The van der Waals surface area contributed by atoms with E-state index in [-0.39, 0.29) is 0 Å². The molecule has 0 amide bonds. The third-order valence-corrected chi connectivity index (χ3v) is 2.20. The number of aryl methyl sites for hydroxylation is 1. The maximum Gasteiger partial charge on any atom is 0.0406 e. The normalized spacial score (nSPS) is 9.50. The summed E-state index contributed by atoms with van der Waals surface area (Å²) in [6.07, 6.45) is 2.99. The summed E-state index contributed by atoms with van der Waals surface area (Å²) in [6.45, 7) is 0.587. The van der Waals surface area contributed by atoms with Crippen molar-refractivity contribution < 1.29 is 0 Å². The van der Waals surface area contributed by atoms with Crippen molar-refractivity contribution in [1.29, 1.82) is 0 Å². The van der Waals surface area contributed by atoms with Crippen LogP contribution in [0, 0.1) is 0 Å². The smallest absolute Gasteiger partial charge is 0.0406 e. The van der Waals surface area contributed by atoms with Gasteiger partial charge in [-0.05, 0) is 42.5 Å². The first-order valence-corrected chi connectivity index (χ1v) is 4.96. The maximum absolute atomic E-state index is 8.06. The second kappa shape index (κ2) is 6.30. The van der Waals surface area contributed by atoms with Crippen molar-refractivity contribution in [2.75, 3.05) is 6.54 Å². The van der Waals surface area contributed by atoms with Crippen LogP contribution >= 0.6 is 11.6 Å². The van der Waals surface area contributed by atoms with Gasteiger partial charge in [-0.15, -0.1) is 0 Å². The molecule has 1 aromatic carbocycles. The average molecular weight is 210 g/mol. The lowest BCUT2D eigenvalue weighted by atomic mass is 10.1. The largest absolute Gasteiger partial charge is 0.0940 e. The number of unbranched alkanes of at least 4 members (excludes halogenated alkanes) is 1. The molecule has 3 nitrogen and oxygen atoms in total. The summed E-state index contributed by atoms with van der Waals surface area (Å²) in [5, 5.41) is 4.24. The zero-order chi connectivity index (χ0) is 10.2. The molecular weight excluding hydrogens is 198 g/mol. The summed E-state index contributed by atoms with van der Waals surface area (Å²) in [6, 6.07) is 7.83. The zero-order valence-electron chi connectivity index (χ0n) is 7.86. The number of benzene rings is 1. The highest BCUT2D eigenvalue weighted by atomic mass is 35.5. The summed E-state index contributed by atoms with van der Waals surface area (Å²) >= 11 is 5.76. The van der Waals surface area contributed by atoms with Crippen molar-refractivity contribution in [2.45, 2.75) is 19.3 Å². The van der Waals surface area contributed by atoms with Crippen LogP contribution in [0.1, 0.15) is 18.4 Å².